The van der Waals surface area contributed by atoms with Crippen LogP contribution in [0.2, 0.25) is 0 Å². The Hall–Kier alpha value is -2.31. The summed E-state index contributed by atoms with van der Waals surface area (Å²) < 4.78 is 13.0. The third-order valence-corrected chi connectivity index (χ3v) is 5.52. The maximum atomic E-state index is 12.1. The molecule has 2 aliphatic heterocycles. The van der Waals surface area contributed by atoms with E-state index in [2.05, 4.69) is 11.0 Å². The van der Waals surface area contributed by atoms with Gasteiger partial charge in [0.05, 0.1) is 7.11 Å². The molecule has 6 nitrogen and oxygen atoms in total. The van der Waals surface area contributed by atoms with E-state index in [4.69, 9.17) is 9.47 Å². The van der Waals surface area contributed by atoms with Crippen LogP contribution in [0.3, 0.4) is 0 Å². The summed E-state index contributed by atoms with van der Waals surface area (Å²) in [7, 11) is 1.61. The largest absolute Gasteiger partial charge is 0.493 e. The number of likely N-dealkylation sites (tertiary alicyclic amines) is 1. The van der Waals surface area contributed by atoms with Crippen LogP contribution in [0.1, 0.15) is 18.0 Å². The maximum Gasteiger partial charge on any atom is 0.250 e. The molecule has 2 bridgehead atoms. The summed E-state index contributed by atoms with van der Waals surface area (Å²) >= 11 is 0. The number of nitrogens with zero attached hydrogens (tertiary/aromatic N) is 2. The lowest BCUT2D eigenvalue weighted by molar-refractivity contribution is 0.0379. The van der Waals surface area contributed by atoms with Gasteiger partial charge in [0, 0.05) is 43.9 Å². The zero-order valence-electron chi connectivity index (χ0n) is 15.6. The normalized spacial score (nSPS) is 22.7. The molecule has 0 aliphatic carbocycles. The van der Waals surface area contributed by atoms with E-state index in [1.165, 1.54) is 0 Å². The first kappa shape index (κ1) is 18.1. The minimum absolute atomic E-state index is 0.0980. The number of para-hydroxylation sites is 2. The molecule has 1 aromatic carbocycles. The topological polar surface area (TPSA) is 63.9 Å². The molecule has 3 atom stereocenters. The number of hydrogen-bond donors (Lipinski definition) is 1. The molecule has 27 heavy (non-hydrogen) atoms. The molecule has 0 saturated carbocycles. The zero-order valence-corrected chi connectivity index (χ0v) is 15.6. The summed E-state index contributed by atoms with van der Waals surface area (Å²) in [4.78, 5) is 14.4. The molecule has 2 aromatic rings. The van der Waals surface area contributed by atoms with E-state index < -0.39 is 6.10 Å². The van der Waals surface area contributed by atoms with Crippen molar-refractivity contribution in [2.24, 2.45) is 5.92 Å². The van der Waals surface area contributed by atoms with Crippen LogP contribution in [0.15, 0.2) is 47.3 Å². The Bertz CT molecular complexity index is 850. The lowest BCUT2D eigenvalue weighted by Crippen LogP contribution is -2.49. The molecule has 0 spiro atoms. The van der Waals surface area contributed by atoms with Gasteiger partial charge in [0.2, 0.25) is 0 Å². The lowest BCUT2D eigenvalue weighted by atomic mass is 9.83. The van der Waals surface area contributed by atoms with Crippen molar-refractivity contribution in [1.29, 1.82) is 0 Å². The van der Waals surface area contributed by atoms with Crippen molar-refractivity contribution in [3.8, 4) is 11.5 Å². The molecule has 6 heteroatoms. The number of pyridine rings is 1. The minimum Gasteiger partial charge on any atom is -0.493 e. The second-order valence-electron chi connectivity index (χ2n) is 7.53. The number of aliphatic hydroxyl groups is 1. The van der Waals surface area contributed by atoms with Crippen LogP contribution in [-0.2, 0) is 6.54 Å². The summed E-state index contributed by atoms with van der Waals surface area (Å²) in [6.45, 7) is 3.34. The molecular weight excluding hydrogens is 344 g/mol. The van der Waals surface area contributed by atoms with Gasteiger partial charge in [-0.15, -0.1) is 0 Å². The van der Waals surface area contributed by atoms with Gasteiger partial charge in [-0.1, -0.05) is 18.2 Å². The Morgan fingerprint density at radius 1 is 1.11 bits per heavy atom. The molecule has 1 unspecified atom stereocenters. The molecule has 0 radical (unpaired) electrons. The molecule has 2 aliphatic rings. The van der Waals surface area contributed by atoms with Gasteiger partial charge in [0.15, 0.2) is 11.5 Å². The second-order valence-corrected chi connectivity index (χ2v) is 7.53. The highest BCUT2D eigenvalue weighted by molar-refractivity contribution is 5.39. The minimum atomic E-state index is -0.577. The number of benzene rings is 1. The van der Waals surface area contributed by atoms with E-state index in [1.807, 2.05) is 34.9 Å². The summed E-state index contributed by atoms with van der Waals surface area (Å²) in [6.07, 6.45) is 0.542. The van der Waals surface area contributed by atoms with Crippen LogP contribution in [0.5, 0.6) is 11.5 Å². The van der Waals surface area contributed by atoms with Crippen LogP contribution in [0.4, 0.5) is 0 Å². The van der Waals surface area contributed by atoms with Gasteiger partial charge in [-0.2, -0.15) is 0 Å². The Balaban J connectivity index is 1.36. The van der Waals surface area contributed by atoms with E-state index in [0.29, 0.717) is 29.9 Å². The molecule has 1 N–H and O–H groups in total. The number of aromatic nitrogens is 1. The molecule has 0 amide bonds. The number of ether oxygens (including phenoxy) is 2. The standard InChI is InChI=1S/C21H26N2O4/c1-26-19-6-2-3-7-20(19)27-14-17(24)13-22-10-15-9-16(12-22)18-5-4-8-21(25)23(18)11-15/h2-8,15-17,24H,9-14H2,1H3/t15-,16+,17?/m0/s1. The first-order valence-corrected chi connectivity index (χ1v) is 9.50. The van der Waals surface area contributed by atoms with Gasteiger partial charge in [-0.25, -0.2) is 0 Å². The monoisotopic (exact) mass is 370 g/mol. The SMILES string of the molecule is COc1ccccc1OCC(O)CN1C[C@@H]2C[C@H](C1)c1cccc(=O)n1C2. The summed E-state index contributed by atoms with van der Waals surface area (Å²) in [6, 6.07) is 13.0. The number of β-amino-alcohol motifs (C(OH)–C–C–N with tert-alkyl or cyclic N) is 1. The van der Waals surface area contributed by atoms with Crippen LogP contribution < -0.4 is 15.0 Å². The van der Waals surface area contributed by atoms with Crippen LogP contribution >= 0.6 is 0 Å². The van der Waals surface area contributed by atoms with Crippen LogP contribution in [0, 0.1) is 5.92 Å². The fourth-order valence-electron chi connectivity index (χ4n) is 4.42. The summed E-state index contributed by atoms with van der Waals surface area (Å²) in [5.74, 6) is 2.12. The maximum absolute atomic E-state index is 12.1. The molecule has 3 heterocycles. The molecule has 4 rings (SSSR count). The molecule has 144 valence electrons. The molecular formula is C21H26N2O4. The Kier molecular flexibility index (Phi) is 5.18. The molecule has 1 fully saturated rings. The summed E-state index contributed by atoms with van der Waals surface area (Å²) in [5, 5.41) is 10.5. The van der Waals surface area contributed by atoms with Crippen molar-refractivity contribution in [3.05, 3.63) is 58.5 Å². The Morgan fingerprint density at radius 2 is 1.93 bits per heavy atom. The lowest BCUT2D eigenvalue weighted by Gasteiger charge is -2.43. The zero-order chi connectivity index (χ0) is 18.8. The van der Waals surface area contributed by atoms with E-state index >= 15 is 0 Å². The second kappa shape index (κ2) is 7.74. The van der Waals surface area contributed by atoms with Crippen molar-refractivity contribution in [3.63, 3.8) is 0 Å². The van der Waals surface area contributed by atoms with Gasteiger partial charge in [-0.3, -0.25) is 9.69 Å². The predicted octanol–water partition coefficient (Wildman–Crippen LogP) is 1.72. The molecule has 1 saturated heterocycles. The van der Waals surface area contributed by atoms with Crippen LogP contribution in [-0.4, -0.2) is 54.0 Å². The smallest absolute Gasteiger partial charge is 0.250 e. The highest BCUT2D eigenvalue weighted by atomic mass is 16.5. The number of piperidine rings is 1. The number of methoxy groups -OCH3 is 1. The van der Waals surface area contributed by atoms with E-state index in [1.54, 1.807) is 13.2 Å². The van der Waals surface area contributed by atoms with Crippen LogP contribution in [0.25, 0.3) is 0 Å². The van der Waals surface area contributed by atoms with Crippen molar-refractivity contribution in [2.45, 2.75) is 25.0 Å². The fourth-order valence-corrected chi connectivity index (χ4v) is 4.42. The van der Waals surface area contributed by atoms with Gasteiger partial charge in [-0.05, 0) is 30.5 Å². The van der Waals surface area contributed by atoms with Crippen molar-refractivity contribution >= 4 is 0 Å². The Morgan fingerprint density at radius 3 is 2.74 bits per heavy atom. The van der Waals surface area contributed by atoms with Crippen molar-refractivity contribution < 1.29 is 14.6 Å². The first-order chi connectivity index (χ1) is 13.1. The fraction of sp³-hybridized carbons (Fsp3) is 0.476. The van der Waals surface area contributed by atoms with Crippen molar-refractivity contribution in [1.82, 2.24) is 9.47 Å². The number of hydrogen-bond acceptors (Lipinski definition) is 5. The Labute approximate surface area is 158 Å². The summed E-state index contributed by atoms with van der Waals surface area (Å²) in [5.41, 5.74) is 1.23. The van der Waals surface area contributed by atoms with Gasteiger partial charge in [0.25, 0.3) is 5.56 Å². The van der Waals surface area contributed by atoms with Gasteiger partial charge in [0.1, 0.15) is 12.7 Å². The van der Waals surface area contributed by atoms with Gasteiger partial charge >= 0.3 is 0 Å². The highest BCUT2D eigenvalue weighted by Crippen LogP contribution is 2.35. The molecule has 1 aromatic heterocycles. The number of fused-ring (bicyclic) bond motifs is 4. The third-order valence-electron chi connectivity index (χ3n) is 5.52. The number of rotatable bonds is 6. The van der Waals surface area contributed by atoms with Crippen molar-refractivity contribution in [2.75, 3.05) is 33.4 Å². The van der Waals surface area contributed by atoms with E-state index in [9.17, 15) is 9.90 Å². The van der Waals surface area contributed by atoms with E-state index in [0.717, 1.165) is 31.7 Å². The van der Waals surface area contributed by atoms with Gasteiger partial charge < -0.3 is 19.1 Å². The quantitative estimate of drug-likeness (QED) is 0.839. The number of aliphatic hydroxyl groups excluding tert-OH is 1. The third kappa shape index (κ3) is 3.87. The predicted molar refractivity (Wildman–Crippen MR) is 102 cm³/mol. The highest BCUT2D eigenvalue weighted by Gasteiger charge is 2.34. The average molecular weight is 370 g/mol. The van der Waals surface area contributed by atoms with E-state index in [-0.39, 0.29) is 12.2 Å². The average Bonchev–Trinajstić information content (AvgIpc) is 2.67. The first-order valence-electron chi connectivity index (χ1n) is 9.50.